The van der Waals surface area contributed by atoms with Crippen LogP contribution >= 0.6 is 0 Å². The van der Waals surface area contributed by atoms with E-state index in [1.807, 2.05) is 44.2 Å². The lowest BCUT2D eigenvalue weighted by Crippen LogP contribution is -2.60. The summed E-state index contributed by atoms with van der Waals surface area (Å²) in [6, 6.07) is 7.44. The molecule has 0 spiro atoms. The summed E-state index contributed by atoms with van der Waals surface area (Å²) >= 11 is 0. The molecule has 0 unspecified atom stereocenters. The second-order valence-electron chi connectivity index (χ2n) is 11.4. The molecule has 0 aromatic heterocycles. The molecule has 3 N–H and O–H groups in total. The summed E-state index contributed by atoms with van der Waals surface area (Å²) in [5.74, 6) is -2.00. The molecule has 1 aromatic rings. The first-order valence-electron chi connectivity index (χ1n) is 14.3. The van der Waals surface area contributed by atoms with Gasteiger partial charge in [0.15, 0.2) is 6.10 Å². The zero-order valence-corrected chi connectivity index (χ0v) is 24.0. The maximum absolute atomic E-state index is 13.6. The van der Waals surface area contributed by atoms with Crippen LogP contribution in [0.4, 0.5) is 0 Å². The van der Waals surface area contributed by atoms with Crippen molar-refractivity contribution in [2.45, 2.75) is 69.9 Å². The van der Waals surface area contributed by atoms with E-state index in [0.717, 1.165) is 12.0 Å². The highest BCUT2D eigenvalue weighted by Crippen LogP contribution is 2.20. The number of likely N-dealkylation sites (N-methyl/N-ethyl adjacent to an activating group) is 1. The van der Waals surface area contributed by atoms with E-state index in [9.17, 15) is 24.0 Å². The van der Waals surface area contributed by atoms with Gasteiger partial charge in [0.05, 0.1) is 19.2 Å². The molecule has 0 aliphatic carbocycles. The van der Waals surface area contributed by atoms with Gasteiger partial charge >= 0.3 is 0 Å². The fourth-order valence-corrected chi connectivity index (χ4v) is 5.41. The lowest BCUT2D eigenvalue weighted by molar-refractivity contribution is -0.162. The van der Waals surface area contributed by atoms with Crippen molar-refractivity contribution < 1.29 is 33.4 Å². The fourth-order valence-electron chi connectivity index (χ4n) is 5.41. The molecule has 224 valence electrons. The molecule has 3 fully saturated rings. The number of amides is 5. The Morgan fingerprint density at radius 3 is 2.46 bits per heavy atom. The largest absolute Gasteiger partial charge is 0.368 e. The van der Waals surface area contributed by atoms with Crippen LogP contribution < -0.4 is 16.0 Å². The summed E-state index contributed by atoms with van der Waals surface area (Å²) in [6.45, 7) is 4.30. The van der Waals surface area contributed by atoms with Crippen molar-refractivity contribution >= 4 is 29.5 Å². The van der Waals surface area contributed by atoms with Crippen LogP contribution in [0.15, 0.2) is 30.3 Å². The van der Waals surface area contributed by atoms with Crippen LogP contribution in [0.2, 0.25) is 0 Å². The van der Waals surface area contributed by atoms with E-state index < -0.39 is 54.0 Å². The Bertz CT molecular complexity index is 1110. The van der Waals surface area contributed by atoms with Crippen LogP contribution in [0.5, 0.6) is 0 Å². The number of hydrogen-bond acceptors (Lipinski definition) is 7. The van der Waals surface area contributed by atoms with E-state index in [0.29, 0.717) is 19.4 Å². The number of benzene rings is 1. The van der Waals surface area contributed by atoms with Crippen LogP contribution in [-0.2, 0) is 39.9 Å². The predicted molar refractivity (Wildman–Crippen MR) is 148 cm³/mol. The molecule has 5 atom stereocenters. The highest BCUT2D eigenvalue weighted by molar-refractivity contribution is 5.93. The Labute approximate surface area is 240 Å². The van der Waals surface area contributed by atoms with Gasteiger partial charge in [-0.05, 0) is 30.7 Å². The number of nitrogens with zero attached hydrogens (tertiary/aromatic N) is 2. The number of rotatable bonds is 5. The normalized spacial score (nSPS) is 28.4. The average Bonchev–Trinajstić information content (AvgIpc) is 3.49. The molecular formula is C29H41N5O7. The third-order valence-corrected chi connectivity index (χ3v) is 7.49. The van der Waals surface area contributed by atoms with E-state index in [-0.39, 0.29) is 44.4 Å². The molecule has 3 heterocycles. The molecule has 1 aromatic carbocycles. The molecule has 12 heteroatoms. The van der Waals surface area contributed by atoms with E-state index in [4.69, 9.17) is 9.47 Å². The van der Waals surface area contributed by atoms with Crippen LogP contribution in [0.1, 0.15) is 38.7 Å². The Hall–Kier alpha value is -3.51. The van der Waals surface area contributed by atoms with Gasteiger partial charge < -0.3 is 35.2 Å². The molecule has 0 radical (unpaired) electrons. The van der Waals surface area contributed by atoms with Crippen molar-refractivity contribution in [1.82, 2.24) is 25.8 Å². The molecule has 3 saturated heterocycles. The van der Waals surface area contributed by atoms with Gasteiger partial charge in [0, 0.05) is 33.2 Å². The molecule has 3 aliphatic rings. The summed E-state index contributed by atoms with van der Waals surface area (Å²) in [6.07, 6.45) is -0.349. The number of nitrogens with one attached hydrogen (secondary N) is 3. The summed E-state index contributed by atoms with van der Waals surface area (Å²) in [7, 11) is 1.48. The summed E-state index contributed by atoms with van der Waals surface area (Å²) in [5, 5.41) is 8.40. The summed E-state index contributed by atoms with van der Waals surface area (Å²) in [5.41, 5.74) is 0.825. The fraction of sp³-hybridized carbons (Fsp3) is 0.621. The first-order valence-corrected chi connectivity index (χ1v) is 14.3. The Balaban J connectivity index is 1.62. The summed E-state index contributed by atoms with van der Waals surface area (Å²) in [4.78, 5) is 69.2. The van der Waals surface area contributed by atoms with E-state index in [2.05, 4.69) is 16.0 Å². The number of fused-ring (bicyclic) bond motifs is 2. The standard InChI is InChI=1S/C29H41N5O7/c1-18(2)12-21-26(36)30-14-20-15-34(29(39)23-10-7-11-40-23)16-24(41-20)27(37)32-22(13-19-8-5-4-6-9-19)28(38)33(3)17-25(35)31-21/h4-6,8-9,18,20-24H,7,10-17H2,1-3H3,(H,30,36)(H,31,35)(H,32,37)/t20-,21+,22-,23+,24-/m1/s1. The molecule has 4 rings (SSSR count). The first-order chi connectivity index (χ1) is 19.6. The van der Waals surface area contributed by atoms with Gasteiger partial charge in [0.25, 0.3) is 11.8 Å². The molecule has 2 bridgehead atoms. The van der Waals surface area contributed by atoms with Gasteiger partial charge in [-0.1, -0.05) is 44.2 Å². The smallest absolute Gasteiger partial charge is 0.251 e. The lowest BCUT2D eigenvalue weighted by atomic mass is 10.0. The minimum atomic E-state index is -1.07. The van der Waals surface area contributed by atoms with Crippen molar-refractivity contribution in [3.05, 3.63) is 35.9 Å². The number of carbonyl (C=O) groups excluding carboxylic acids is 5. The van der Waals surface area contributed by atoms with Gasteiger partial charge in [-0.3, -0.25) is 24.0 Å². The molecule has 5 amide bonds. The minimum absolute atomic E-state index is 0.00687. The minimum Gasteiger partial charge on any atom is -0.368 e. The lowest BCUT2D eigenvalue weighted by Gasteiger charge is -2.39. The summed E-state index contributed by atoms with van der Waals surface area (Å²) < 4.78 is 11.7. The second kappa shape index (κ2) is 13.9. The molecule has 41 heavy (non-hydrogen) atoms. The number of hydrogen-bond donors (Lipinski definition) is 3. The van der Waals surface area contributed by atoms with E-state index in [1.54, 1.807) is 4.90 Å². The predicted octanol–water partition coefficient (Wildman–Crippen LogP) is -0.392. The molecular weight excluding hydrogens is 530 g/mol. The van der Waals surface area contributed by atoms with Crippen LogP contribution in [-0.4, -0.2) is 110 Å². The zero-order chi connectivity index (χ0) is 29.5. The average molecular weight is 572 g/mol. The maximum atomic E-state index is 13.6. The Morgan fingerprint density at radius 2 is 1.78 bits per heavy atom. The van der Waals surface area contributed by atoms with Crippen molar-refractivity contribution in [3.8, 4) is 0 Å². The van der Waals surface area contributed by atoms with E-state index in [1.165, 1.54) is 11.9 Å². The topological polar surface area (TPSA) is 146 Å². The molecule has 0 saturated carbocycles. The van der Waals surface area contributed by atoms with Crippen LogP contribution in [0.25, 0.3) is 0 Å². The van der Waals surface area contributed by atoms with Gasteiger partial charge in [-0.2, -0.15) is 0 Å². The highest BCUT2D eigenvalue weighted by Gasteiger charge is 2.40. The monoisotopic (exact) mass is 571 g/mol. The van der Waals surface area contributed by atoms with Gasteiger partial charge in [0.1, 0.15) is 18.2 Å². The quantitative estimate of drug-likeness (QED) is 0.436. The number of carbonyl (C=O) groups is 5. The van der Waals surface area contributed by atoms with Crippen molar-refractivity contribution in [2.75, 3.05) is 39.8 Å². The van der Waals surface area contributed by atoms with Crippen LogP contribution in [0.3, 0.4) is 0 Å². The third kappa shape index (κ3) is 8.26. The first kappa shape index (κ1) is 30.4. The van der Waals surface area contributed by atoms with Crippen molar-refractivity contribution in [2.24, 2.45) is 5.92 Å². The van der Waals surface area contributed by atoms with Crippen molar-refractivity contribution in [1.29, 1.82) is 0 Å². The molecule has 3 aliphatic heterocycles. The second-order valence-corrected chi connectivity index (χ2v) is 11.4. The SMILES string of the molecule is CC(C)C[C@@H]1NC(=O)CN(C)C(=O)[C@@H](Cc2ccccc2)NC(=O)[C@H]2CN(C(=O)[C@@H]3CCCO3)C[C@@H](CNC1=O)O2. The number of morpholine rings is 1. The third-order valence-electron chi connectivity index (χ3n) is 7.49. The van der Waals surface area contributed by atoms with Crippen molar-refractivity contribution in [3.63, 3.8) is 0 Å². The van der Waals surface area contributed by atoms with Gasteiger partial charge in [-0.15, -0.1) is 0 Å². The van der Waals surface area contributed by atoms with Crippen LogP contribution in [0, 0.1) is 5.92 Å². The maximum Gasteiger partial charge on any atom is 0.251 e. The Morgan fingerprint density at radius 1 is 1.02 bits per heavy atom. The molecule has 12 nitrogen and oxygen atoms in total. The highest BCUT2D eigenvalue weighted by atomic mass is 16.5. The van der Waals surface area contributed by atoms with E-state index >= 15 is 0 Å². The van der Waals surface area contributed by atoms with Gasteiger partial charge in [0.2, 0.25) is 17.7 Å². The Kier molecular flexibility index (Phi) is 10.3. The van der Waals surface area contributed by atoms with Gasteiger partial charge in [-0.25, -0.2) is 0 Å². The zero-order valence-electron chi connectivity index (χ0n) is 24.0. The number of ether oxygens (including phenoxy) is 2.